The highest BCUT2D eigenvalue weighted by Crippen LogP contribution is 2.20. The average molecular weight is 313 g/mol. The molecule has 0 heterocycles. The second-order valence-corrected chi connectivity index (χ2v) is 5.80. The predicted molar refractivity (Wildman–Crippen MR) is 96.6 cm³/mol. The van der Waals surface area contributed by atoms with Gasteiger partial charge >= 0.3 is 0 Å². The molecular weight excluding hydrogens is 286 g/mol. The lowest BCUT2D eigenvalue weighted by Crippen LogP contribution is -2.23. The van der Waals surface area contributed by atoms with E-state index in [9.17, 15) is 0 Å². The highest BCUT2D eigenvalue weighted by molar-refractivity contribution is 5.48. The highest BCUT2D eigenvalue weighted by Gasteiger charge is 2.06. The van der Waals surface area contributed by atoms with Gasteiger partial charge in [-0.3, -0.25) is 0 Å². The van der Waals surface area contributed by atoms with Gasteiger partial charge in [-0.2, -0.15) is 0 Å². The first kappa shape index (κ1) is 17.2. The highest BCUT2D eigenvalue weighted by atomic mass is 16.5. The van der Waals surface area contributed by atoms with Crippen molar-refractivity contribution in [3.05, 3.63) is 54.1 Å². The molecule has 2 aromatic rings. The van der Waals surface area contributed by atoms with E-state index in [1.165, 1.54) is 0 Å². The van der Waals surface area contributed by atoms with Crippen LogP contribution in [0.15, 0.2) is 48.5 Å². The van der Waals surface area contributed by atoms with Crippen molar-refractivity contribution >= 4 is 5.69 Å². The average Bonchev–Trinajstić information content (AvgIpc) is 2.56. The molecule has 0 spiro atoms. The van der Waals surface area contributed by atoms with Crippen LogP contribution in [0.3, 0.4) is 0 Å². The van der Waals surface area contributed by atoms with E-state index in [1.54, 1.807) is 0 Å². The third kappa shape index (κ3) is 5.85. The van der Waals surface area contributed by atoms with Gasteiger partial charge in [0.05, 0.1) is 13.2 Å². The maximum atomic E-state index is 5.98. The Morgan fingerprint density at radius 3 is 2.70 bits per heavy atom. The standard InChI is InChI=1S/C20H27NO2/c1-4-5-13-22-19-11-8-10-18(14-19)21-15-17(3)23-20-12-7-6-9-16(20)2/h6-12,14,17,21H,4-5,13,15H2,1-3H3. The maximum Gasteiger partial charge on any atom is 0.122 e. The van der Waals surface area contributed by atoms with Crippen LogP contribution in [0.25, 0.3) is 0 Å². The SMILES string of the molecule is CCCCOc1cccc(NCC(C)Oc2ccccc2C)c1. The Labute approximate surface area is 139 Å². The van der Waals surface area contributed by atoms with Crippen LogP contribution in [0.1, 0.15) is 32.3 Å². The van der Waals surface area contributed by atoms with E-state index in [-0.39, 0.29) is 6.10 Å². The topological polar surface area (TPSA) is 30.5 Å². The van der Waals surface area contributed by atoms with Gasteiger partial charge in [0.15, 0.2) is 0 Å². The van der Waals surface area contributed by atoms with Gasteiger partial charge in [-0.15, -0.1) is 0 Å². The van der Waals surface area contributed by atoms with E-state index in [2.05, 4.69) is 32.2 Å². The van der Waals surface area contributed by atoms with Gasteiger partial charge in [-0.05, 0) is 44.0 Å². The fraction of sp³-hybridized carbons (Fsp3) is 0.400. The van der Waals surface area contributed by atoms with Gasteiger partial charge in [0, 0.05) is 11.8 Å². The molecule has 0 aliphatic carbocycles. The van der Waals surface area contributed by atoms with Crippen LogP contribution in [0.2, 0.25) is 0 Å². The lowest BCUT2D eigenvalue weighted by atomic mass is 10.2. The fourth-order valence-electron chi connectivity index (χ4n) is 2.24. The molecular formula is C20H27NO2. The zero-order chi connectivity index (χ0) is 16.5. The molecule has 2 aromatic carbocycles. The molecule has 0 bridgehead atoms. The number of aryl methyl sites for hydroxylation is 1. The van der Waals surface area contributed by atoms with Crippen molar-refractivity contribution in [2.75, 3.05) is 18.5 Å². The molecule has 0 aromatic heterocycles. The van der Waals surface area contributed by atoms with Gasteiger partial charge < -0.3 is 14.8 Å². The molecule has 3 heteroatoms. The summed E-state index contributed by atoms with van der Waals surface area (Å²) in [5.74, 6) is 1.86. The number of unbranched alkanes of at least 4 members (excludes halogenated alkanes) is 1. The first-order valence-electron chi connectivity index (χ1n) is 8.38. The van der Waals surface area contributed by atoms with Crippen LogP contribution < -0.4 is 14.8 Å². The molecule has 1 N–H and O–H groups in total. The van der Waals surface area contributed by atoms with Crippen LogP contribution in [0.4, 0.5) is 5.69 Å². The van der Waals surface area contributed by atoms with Crippen molar-refractivity contribution < 1.29 is 9.47 Å². The predicted octanol–water partition coefficient (Wildman–Crippen LogP) is 5.05. The van der Waals surface area contributed by atoms with Crippen molar-refractivity contribution in [1.82, 2.24) is 0 Å². The quantitative estimate of drug-likeness (QED) is 0.657. The summed E-state index contributed by atoms with van der Waals surface area (Å²) in [7, 11) is 0. The monoisotopic (exact) mass is 313 g/mol. The van der Waals surface area contributed by atoms with Gasteiger partial charge in [0.2, 0.25) is 0 Å². The molecule has 3 nitrogen and oxygen atoms in total. The molecule has 124 valence electrons. The van der Waals surface area contributed by atoms with E-state index >= 15 is 0 Å². The summed E-state index contributed by atoms with van der Waals surface area (Å²) in [5, 5.41) is 3.41. The Kier molecular flexibility index (Phi) is 6.79. The minimum atomic E-state index is 0.0840. The lowest BCUT2D eigenvalue weighted by molar-refractivity contribution is 0.233. The number of anilines is 1. The van der Waals surface area contributed by atoms with Crippen molar-refractivity contribution in [2.45, 2.75) is 39.7 Å². The van der Waals surface area contributed by atoms with Crippen LogP contribution >= 0.6 is 0 Å². The summed E-state index contributed by atoms with van der Waals surface area (Å²) in [5.41, 5.74) is 2.21. The minimum absolute atomic E-state index is 0.0840. The van der Waals surface area contributed by atoms with Crippen LogP contribution in [-0.4, -0.2) is 19.3 Å². The van der Waals surface area contributed by atoms with E-state index in [0.717, 1.165) is 48.7 Å². The number of ether oxygens (including phenoxy) is 2. The number of hydrogen-bond donors (Lipinski definition) is 1. The Morgan fingerprint density at radius 1 is 1.09 bits per heavy atom. The van der Waals surface area contributed by atoms with Crippen LogP contribution in [-0.2, 0) is 0 Å². The lowest BCUT2D eigenvalue weighted by Gasteiger charge is -2.18. The summed E-state index contributed by atoms with van der Waals surface area (Å²) in [6.45, 7) is 7.81. The second kappa shape index (κ2) is 9.09. The van der Waals surface area contributed by atoms with Crippen LogP contribution in [0, 0.1) is 6.92 Å². The van der Waals surface area contributed by atoms with E-state index in [0.29, 0.717) is 0 Å². The third-order valence-electron chi connectivity index (χ3n) is 3.62. The molecule has 0 fully saturated rings. The fourth-order valence-corrected chi connectivity index (χ4v) is 2.24. The molecule has 0 aliphatic rings. The smallest absolute Gasteiger partial charge is 0.122 e. The first-order valence-corrected chi connectivity index (χ1v) is 8.38. The molecule has 1 atom stereocenters. The zero-order valence-corrected chi connectivity index (χ0v) is 14.3. The summed E-state index contributed by atoms with van der Waals surface area (Å²) in [6, 6.07) is 16.2. The molecule has 0 saturated heterocycles. The summed E-state index contributed by atoms with van der Waals surface area (Å²) < 4.78 is 11.7. The van der Waals surface area contributed by atoms with Gasteiger partial charge in [-0.1, -0.05) is 37.6 Å². The van der Waals surface area contributed by atoms with Crippen molar-refractivity contribution in [3.63, 3.8) is 0 Å². The first-order chi connectivity index (χ1) is 11.2. The normalized spacial score (nSPS) is 11.8. The van der Waals surface area contributed by atoms with Crippen molar-refractivity contribution in [1.29, 1.82) is 0 Å². The molecule has 0 saturated carbocycles. The van der Waals surface area contributed by atoms with Gasteiger partial charge in [0.1, 0.15) is 17.6 Å². The Balaban J connectivity index is 1.83. The minimum Gasteiger partial charge on any atom is -0.494 e. The Bertz CT molecular complexity index is 598. The number of benzene rings is 2. The number of hydrogen-bond acceptors (Lipinski definition) is 3. The van der Waals surface area contributed by atoms with E-state index < -0.39 is 0 Å². The Morgan fingerprint density at radius 2 is 1.91 bits per heavy atom. The van der Waals surface area contributed by atoms with Crippen LogP contribution in [0.5, 0.6) is 11.5 Å². The van der Waals surface area contributed by atoms with E-state index in [4.69, 9.17) is 9.47 Å². The second-order valence-electron chi connectivity index (χ2n) is 5.80. The number of para-hydroxylation sites is 1. The number of rotatable bonds is 9. The molecule has 1 unspecified atom stereocenters. The van der Waals surface area contributed by atoms with Crippen molar-refractivity contribution in [2.24, 2.45) is 0 Å². The molecule has 0 aliphatic heterocycles. The summed E-state index contributed by atoms with van der Waals surface area (Å²) in [6.07, 6.45) is 2.31. The zero-order valence-electron chi connectivity index (χ0n) is 14.3. The maximum absolute atomic E-state index is 5.98. The van der Waals surface area contributed by atoms with E-state index in [1.807, 2.05) is 42.5 Å². The molecule has 0 radical (unpaired) electrons. The largest absolute Gasteiger partial charge is 0.494 e. The Hall–Kier alpha value is -2.16. The third-order valence-corrected chi connectivity index (χ3v) is 3.62. The van der Waals surface area contributed by atoms with Gasteiger partial charge in [0.25, 0.3) is 0 Å². The molecule has 0 amide bonds. The van der Waals surface area contributed by atoms with Gasteiger partial charge in [-0.25, -0.2) is 0 Å². The van der Waals surface area contributed by atoms with Crippen molar-refractivity contribution in [3.8, 4) is 11.5 Å². The summed E-state index contributed by atoms with van der Waals surface area (Å²) in [4.78, 5) is 0. The molecule has 2 rings (SSSR count). The molecule has 23 heavy (non-hydrogen) atoms. The summed E-state index contributed by atoms with van der Waals surface area (Å²) >= 11 is 0. The number of nitrogens with one attached hydrogen (secondary N) is 1.